The number of carbonyl (C=O) groups excluding carboxylic acids is 1. The highest BCUT2D eigenvalue weighted by Crippen LogP contribution is 2.16. The third-order valence-electron chi connectivity index (χ3n) is 4.36. The predicted octanol–water partition coefficient (Wildman–Crippen LogP) is 2.98. The number of amides is 1. The molecular formula is C23H24N2O6S. The van der Waals surface area contributed by atoms with Crippen molar-refractivity contribution in [2.24, 2.45) is 0 Å². The summed E-state index contributed by atoms with van der Waals surface area (Å²) < 4.78 is 42.9. The molecule has 0 radical (unpaired) electrons. The molecule has 2 aromatic carbocycles. The molecule has 1 aromatic heterocycles. The molecule has 3 aromatic rings. The molecule has 0 bridgehead atoms. The molecule has 3 rings (SSSR count). The van der Waals surface area contributed by atoms with Gasteiger partial charge in [0, 0.05) is 6.08 Å². The van der Waals surface area contributed by atoms with Crippen molar-refractivity contribution in [2.45, 2.75) is 11.4 Å². The largest absolute Gasteiger partial charge is 0.497 e. The summed E-state index contributed by atoms with van der Waals surface area (Å²) >= 11 is 0. The number of hydrogen-bond acceptors (Lipinski definition) is 6. The molecule has 0 fully saturated rings. The van der Waals surface area contributed by atoms with Gasteiger partial charge in [0.05, 0.1) is 31.4 Å². The Balaban J connectivity index is 1.42. The molecule has 0 unspecified atom stereocenters. The second-order valence-electron chi connectivity index (χ2n) is 6.62. The second-order valence-corrected chi connectivity index (χ2v) is 8.39. The van der Waals surface area contributed by atoms with Gasteiger partial charge in [-0.3, -0.25) is 4.79 Å². The molecule has 0 atom stereocenters. The fraction of sp³-hybridized carbons (Fsp3) is 0.174. The maximum atomic E-state index is 12.3. The first kappa shape index (κ1) is 23.1. The second kappa shape index (κ2) is 11.2. The van der Waals surface area contributed by atoms with E-state index in [4.69, 9.17) is 13.9 Å². The number of hydrogen-bond donors (Lipinski definition) is 2. The van der Waals surface area contributed by atoms with Crippen molar-refractivity contribution in [1.82, 2.24) is 10.0 Å². The molecule has 1 amide bonds. The van der Waals surface area contributed by atoms with Gasteiger partial charge >= 0.3 is 0 Å². The van der Waals surface area contributed by atoms with Gasteiger partial charge in [0.25, 0.3) is 0 Å². The lowest BCUT2D eigenvalue weighted by Crippen LogP contribution is -2.26. The van der Waals surface area contributed by atoms with Crippen molar-refractivity contribution in [3.8, 4) is 11.5 Å². The Morgan fingerprint density at radius 3 is 2.41 bits per heavy atom. The van der Waals surface area contributed by atoms with Crippen LogP contribution >= 0.6 is 0 Å². The standard InChI is InChI=1S/C23H24N2O6S/c1-29-19-7-9-20(10-8-19)31-16-14-24-23(26)13-6-18-4-11-22(12-5-18)32(27,28)25-17-21-3-2-15-30-21/h2-13,15,25H,14,16-17H2,1H3,(H,24,26)/b13-6+. The number of sulfonamides is 1. The summed E-state index contributed by atoms with van der Waals surface area (Å²) in [6.45, 7) is 0.733. The first-order chi connectivity index (χ1) is 15.5. The summed E-state index contributed by atoms with van der Waals surface area (Å²) in [6, 6.07) is 16.7. The first-order valence-corrected chi connectivity index (χ1v) is 11.3. The van der Waals surface area contributed by atoms with Gasteiger partial charge in [0.2, 0.25) is 15.9 Å². The minimum Gasteiger partial charge on any atom is -0.497 e. The Kier molecular flexibility index (Phi) is 8.07. The summed E-state index contributed by atoms with van der Waals surface area (Å²) in [4.78, 5) is 12.1. The van der Waals surface area contributed by atoms with E-state index in [1.807, 2.05) is 0 Å². The first-order valence-electron chi connectivity index (χ1n) is 9.81. The van der Waals surface area contributed by atoms with E-state index >= 15 is 0 Å². The molecule has 0 saturated heterocycles. The minimum absolute atomic E-state index is 0.0688. The lowest BCUT2D eigenvalue weighted by molar-refractivity contribution is -0.116. The molecular weight excluding hydrogens is 432 g/mol. The zero-order chi connectivity index (χ0) is 22.8. The van der Waals surface area contributed by atoms with Gasteiger partial charge in [-0.1, -0.05) is 12.1 Å². The lowest BCUT2D eigenvalue weighted by Gasteiger charge is -2.07. The van der Waals surface area contributed by atoms with E-state index < -0.39 is 10.0 Å². The number of furan rings is 1. The van der Waals surface area contributed by atoms with Crippen LogP contribution in [0.2, 0.25) is 0 Å². The van der Waals surface area contributed by atoms with E-state index in [0.717, 1.165) is 5.75 Å². The SMILES string of the molecule is COc1ccc(OCCNC(=O)/C=C/c2ccc(S(=O)(=O)NCc3ccco3)cc2)cc1. The minimum atomic E-state index is -3.66. The molecule has 0 saturated carbocycles. The van der Waals surface area contributed by atoms with E-state index in [2.05, 4.69) is 10.0 Å². The van der Waals surface area contributed by atoms with Crippen LogP contribution in [-0.4, -0.2) is 34.6 Å². The molecule has 0 spiro atoms. The summed E-state index contributed by atoms with van der Waals surface area (Å²) in [5.41, 5.74) is 0.694. The van der Waals surface area contributed by atoms with Crippen molar-refractivity contribution in [3.05, 3.63) is 84.3 Å². The van der Waals surface area contributed by atoms with Crippen LogP contribution < -0.4 is 19.5 Å². The van der Waals surface area contributed by atoms with Gasteiger partial charge in [-0.05, 0) is 60.2 Å². The molecule has 9 heteroatoms. The van der Waals surface area contributed by atoms with Gasteiger partial charge in [-0.2, -0.15) is 0 Å². The average molecular weight is 457 g/mol. The number of methoxy groups -OCH3 is 1. The van der Waals surface area contributed by atoms with Crippen molar-refractivity contribution < 1.29 is 27.1 Å². The molecule has 1 heterocycles. The summed E-state index contributed by atoms with van der Waals surface area (Å²) in [7, 11) is -2.07. The average Bonchev–Trinajstić information content (AvgIpc) is 3.34. The molecule has 32 heavy (non-hydrogen) atoms. The fourth-order valence-electron chi connectivity index (χ4n) is 2.67. The topological polar surface area (TPSA) is 107 Å². The van der Waals surface area contributed by atoms with E-state index in [1.54, 1.807) is 61.7 Å². The monoisotopic (exact) mass is 456 g/mol. The zero-order valence-corrected chi connectivity index (χ0v) is 18.3. The Bertz CT molecular complexity index is 1120. The highest BCUT2D eigenvalue weighted by molar-refractivity contribution is 7.89. The van der Waals surface area contributed by atoms with E-state index in [0.29, 0.717) is 30.2 Å². The van der Waals surface area contributed by atoms with Crippen LogP contribution in [0.3, 0.4) is 0 Å². The third-order valence-corrected chi connectivity index (χ3v) is 5.78. The van der Waals surface area contributed by atoms with Crippen molar-refractivity contribution in [3.63, 3.8) is 0 Å². The van der Waals surface area contributed by atoms with E-state index in [1.165, 1.54) is 24.5 Å². The van der Waals surface area contributed by atoms with Crippen LogP contribution in [0.15, 0.2) is 82.3 Å². The molecule has 0 aliphatic rings. The Hall–Kier alpha value is -3.56. The van der Waals surface area contributed by atoms with Gasteiger partial charge in [0.15, 0.2) is 0 Å². The maximum Gasteiger partial charge on any atom is 0.244 e. The Labute approximate surface area is 186 Å². The van der Waals surface area contributed by atoms with Crippen molar-refractivity contribution in [2.75, 3.05) is 20.3 Å². The van der Waals surface area contributed by atoms with Crippen LogP contribution in [0.25, 0.3) is 6.08 Å². The number of nitrogens with one attached hydrogen (secondary N) is 2. The summed E-state index contributed by atoms with van der Waals surface area (Å²) in [6.07, 6.45) is 4.47. The van der Waals surface area contributed by atoms with Crippen LogP contribution in [0, 0.1) is 0 Å². The molecule has 2 N–H and O–H groups in total. The molecule has 168 valence electrons. The van der Waals surface area contributed by atoms with Gasteiger partial charge in [0.1, 0.15) is 23.9 Å². The number of rotatable bonds is 11. The van der Waals surface area contributed by atoms with Crippen LogP contribution in [0.1, 0.15) is 11.3 Å². The third kappa shape index (κ3) is 7.00. The molecule has 0 aliphatic carbocycles. The van der Waals surface area contributed by atoms with Crippen LogP contribution in [0.5, 0.6) is 11.5 Å². The normalized spacial score (nSPS) is 11.4. The van der Waals surface area contributed by atoms with E-state index in [9.17, 15) is 13.2 Å². The maximum absolute atomic E-state index is 12.3. The van der Waals surface area contributed by atoms with Crippen LogP contribution in [0.4, 0.5) is 0 Å². The van der Waals surface area contributed by atoms with Gasteiger partial charge in [-0.25, -0.2) is 13.1 Å². The Morgan fingerprint density at radius 1 is 1.03 bits per heavy atom. The van der Waals surface area contributed by atoms with E-state index in [-0.39, 0.29) is 17.3 Å². The molecule has 8 nitrogen and oxygen atoms in total. The summed E-state index contributed by atoms with van der Waals surface area (Å²) in [5.74, 6) is 1.67. The van der Waals surface area contributed by atoms with Gasteiger partial charge < -0.3 is 19.2 Å². The fourth-order valence-corrected chi connectivity index (χ4v) is 3.66. The highest BCUT2D eigenvalue weighted by atomic mass is 32.2. The molecule has 0 aliphatic heterocycles. The van der Waals surface area contributed by atoms with Crippen molar-refractivity contribution in [1.29, 1.82) is 0 Å². The van der Waals surface area contributed by atoms with Crippen LogP contribution in [-0.2, 0) is 21.4 Å². The predicted molar refractivity (Wildman–Crippen MR) is 120 cm³/mol. The smallest absolute Gasteiger partial charge is 0.244 e. The number of ether oxygens (including phenoxy) is 2. The van der Waals surface area contributed by atoms with Crippen molar-refractivity contribution >= 4 is 22.0 Å². The van der Waals surface area contributed by atoms with Gasteiger partial charge in [-0.15, -0.1) is 0 Å². The highest BCUT2D eigenvalue weighted by Gasteiger charge is 2.13. The quantitative estimate of drug-likeness (QED) is 0.339. The number of carbonyl (C=O) groups is 1. The number of benzene rings is 2. The summed E-state index contributed by atoms with van der Waals surface area (Å²) in [5, 5.41) is 2.72. The Morgan fingerprint density at radius 2 is 1.75 bits per heavy atom. The zero-order valence-electron chi connectivity index (χ0n) is 17.5. The lowest BCUT2D eigenvalue weighted by atomic mass is 10.2.